The van der Waals surface area contributed by atoms with Crippen molar-refractivity contribution in [2.24, 2.45) is 5.92 Å². The van der Waals surface area contributed by atoms with Crippen LogP contribution in [-0.4, -0.2) is 48.4 Å². The van der Waals surface area contributed by atoms with Crippen molar-refractivity contribution in [1.29, 1.82) is 0 Å². The molecule has 1 aliphatic rings. The van der Waals surface area contributed by atoms with Crippen LogP contribution >= 0.6 is 11.8 Å². The van der Waals surface area contributed by atoms with E-state index in [0.29, 0.717) is 24.7 Å². The summed E-state index contributed by atoms with van der Waals surface area (Å²) in [6, 6.07) is 3.42. The number of ketones is 1. The van der Waals surface area contributed by atoms with Gasteiger partial charge in [0.25, 0.3) is 0 Å². The van der Waals surface area contributed by atoms with Crippen molar-refractivity contribution < 1.29 is 14.3 Å². The molecule has 2 heterocycles. The highest BCUT2D eigenvalue weighted by Gasteiger charge is 2.34. The maximum Gasteiger partial charge on any atom is 0.232 e. The number of carbonyl (C=O) groups is 2. The van der Waals surface area contributed by atoms with Crippen molar-refractivity contribution >= 4 is 29.1 Å². The standard InChI is InChI=1S/C14H19N3O3S/c1-3-21-7-6-15-14(19)9-8-16-10-4-5-11(20-2)17-12(10)13(9)18/h4-5,9,16H,3,6-8H2,1-2H3,(H,15,19). The second kappa shape index (κ2) is 7.31. The van der Waals surface area contributed by atoms with E-state index in [-0.39, 0.29) is 17.4 Å². The largest absolute Gasteiger partial charge is 0.481 e. The summed E-state index contributed by atoms with van der Waals surface area (Å²) in [5.74, 6) is 0.978. The third kappa shape index (κ3) is 3.66. The molecular weight excluding hydrogens is 290 g/mol. The lowest BCUT2D eigenvalue weighted by Gasteiger charge is -2.23. The number of amides is 1. The van der Waals surface area contributed by atoms with Gasteiger partial charge in [-0.15, -0.1) is 0 Å². The smallest absolute Gasteiger partial charge is 0.232 e. The monoisotopic (exact) mass is 309 g/mol. The summed E-state index contributed by atoms with van der Waals surface area (Å²) < 4.78 is 5.02. The predicted octanol–water partition coefficient (Wildman–Crippen LogP) is 1.18. The Hall–Kier alpha value is -1.76. The average molecular weight is 309 g/mol. The minimum atomic E-state index is -0.733. The molecule has 21 heavy (non-hydrogen) atoms. The van der Waals surface area contributed by atoms with Crippen LogP contribution in [0.5, 0.6) is 5.88 Å². The van der Waals surface area contributed by atoms with Gasteiger partial charge in [0.2, 0.25) is 11.8 Å². The maximum absolute atomic E-state index is 12.4. The average Bonchev–Trinajstić information content (AvgIpc) is 2.51. The molecule has 0 aliphatic carbocycles. The van der Waals surface area contributed by atoms with Gasteiger partial charge in [0.05, 0.1) is 12.8 Å². The Morgan fingerprint density at radius 1 is 1.57 bits per heavy atom. The summed E-state index contributed by atoms with van der Waals surface area (Å²) in [5.41, 5.74) is 0.912. The number of rotatable bonds is 6. The first kappa shape index (κ1) is 15.6. The molecule has 0 saturated carbocycles. The fourth-order valence-corrected chi connectivity index (χ4v) is 2.62. The molecule has 0 bridgehead atoms. The molecule has 1 aromatic heterocycles. The molecular formula is C14H19N3O3S. The fraction of sp³-hybridized carbons (Fsp3) is 0.500. The van der Waals surface area contributed by atoms with E-state index in [2.05, 4.69) is 22.5 Å². The first-order valence-electron chi connectivity index (χ1n) is 6.86. The Balaban J connectivity index is 2.03. The summed E-state index contributed by atoms with van der Waals surface area (Å²) in [4.78, 5) is 28.6. The molecule has 1 aliphatic heterocycles. The third-order valence-electron chi connectivity index (χ3n) is 3.19. The zero-order valence-corrected chi connectivity index (χ0v) is 13.0. The molecule has 0 fully saturated rings. The Labute approximate surface area is 128 Å². The van der Waals surface area contributed by atoms with E-state index in [1.54, 1.807) is 23.9 Å². The molecule has 0 radical (unpaired) electrons. The van der Waals surface area contributed by atoms with Gasteiger partial charge < -0.3 is 15.4 Å². The SMILES string of the molecule is CCSCCNC(=O)C1CNc2ccc(OC)nc2C1=O. The summed E-state index contributed by atoms with van der Waals surface area (Å²) in [5, 5.41) is 5.87. The Morgan fingerprint density at radius 3 is 3.10 bits per heavy atom. The van der Waals surface area contributed by atoms with Crippen LogP contribution in [0.25, 0.3) is 0 Å². The van der Waals surface area contributed by atoms with E-state index in [4.69, 9.17) is 4.74 Å². The van der Waals surface area contributed by atoms with Crippen molar-refractivity contribution in [2.45, 2.75) is 6.92 Å². The van der Waals surface area contributed by atoms with Gasteiger partial charge in [0.1, 0.15) is 11.6 Å². The van der Waals surface area contributed by atoms with Crippen LogP contribution in [-0.2, 0) is 4.79 Å². The van der Waals surface area contributed by atoms with Crippen LogP contribution in [0.3, 0.4) is 0 Å². The minimum Gasteiger partial charge on any atom is -0.481 e. The van der Waals surface area contributed by atoms with Crippen LogP contribution in [0.2, 0.25) is 0 Å². The van der Waals surface area contributed by atoms with Gasteiger partial charge in [-0.1, -0.05) is 6.92 Å². The molecule has 7 heteroatoms. The van der Waals surface area contributed by atoms with Crippen LogP contribution < -0.4 is 15.4 Å². The molecule has 1 unspecified atom stereocenters. The number of ether oxygens (including phenoxy) is 1. The highest BCUT2D eigenvalue weighted by Crippen LogP contribution is 2.25. The molecule has 1 aromatic rings. The zero-order chi connectivity index (χ0) is 15.2. The summed E-state index contributed by atoms with van der Waals surface area (Å²) >= 11 is 1.75. The van der Waals surface area contributed by atoms with E-state index < -0.39 is 5.92 Å². The van der Waals surface area contributed by atoms with Gasteiger partial charge in [0.15, 0.2) is 5.78 Å². The first-order valence-corrected chi connectivity index (χ1v) is 8.01. The predicted molar refractivity (Wildman–Crippen MR) is 83.1 cm³/mol. The van der Waals surface area contributed by atoms with Crippen molar-refractivity contribution in [2.75, 3.05) is 37.0 Å². The Morgan fingerprint density at radius 2 is 2.38 bits per heavy atom. The Kier molecular flexibility index (Phi) is 5.44. The second-order valence-corrected chi connectivity index (χ2v) is 5.93. The van der Waals surface area contributed by atoms with Crippen molar-refractivity contribution in [3.05, 3.63) is 17.8 Å². The fourth-order valence-electron chi connectivity index (χ4n) is 2.08. The van der Waals surface area contributed by atoms with Gasteiger partial charge in [-0.05, 0) is 11.8 Å². The molecule has 2 rings (SSSR count). The normalized spacial score (nSPS) is 16.9. The summed E-state index contributed by atoms with van der Waals surface area (Å²) in [6.07, 6.45) is 0. The van der Waals surface area contributed by atoms with E-state index in [1.807, 2.05) is 0 Å². The van der Waals surface area contributed by atoms with Gasteiger partial charge in [-0.2, -0.15) is 11.8 Å². The zero-order valence-electron chi connectivity index (χ0n) is 12.1. The summed E-state index contributed by atoms with van der Waals surface area (Å²) in [7, 11) is 1.49. The second-order valence-electron chi connectivity index (χ2n) is 4.54. The van der Waals surface area contributed by atoms with Crippen molar-refractivity contribution in [1.82, 2.24) is 10.3 Å². The lowest BCUT2D eigenvalue weighted by molar-refractivity contribution is -0.123. The molecule has 1 amide bonds. The van der Waals surface area contributed by atoms with E-state index in [0.717, 1.165) is 11.5 Å². The number of pyridine rings is 1. The lowest BCUT2D eigenvalue weighted by atomic mass is 9.95. The molecule has 6 nitrogen and oxygen atoms in total. The first-order chi connectivity index (χ1) is 10.2. The number of hydrogen-bond acceptors (Lipinski definition) is 6. The number of carbonyl (C=O) groups excluding carboxylic acids is 2. The topological polar surface area (TPSA) is 80.3 Å². The number of Topliss-reactive ketones (excluding diaryl/α,β-unsaturated/α-hetero) is 1. The number of hydrogen-bond donors (Lipinski definition) is 2. The number of nitrogens with zero attached hydrogens (tertiary/aromatic N) is 1. The quantitative estimate of drug-likeness (QED) is 0.607. The van der Waals surface area contributed by atoms with Crippen LogP contribution in [0, 0.1) is 5.92 Å². The number of aromatic nitrogens is 1. The summed E-state index contributed by atoms with van der Waals surface area (Å²) in [6.45, 7) is 2.93. The van der Waals surface area contributed by atoms with Crippen LogP contribution in [0.4, 0.5) is 5.69 Å². The Bertz CT molecular complexity index is 536. The number of nitrogens with one attached hydrogen (secondary N) is 2. The minimum absolute atomic E-state index is 0.250. The molecule has 2 N–H and O–H groups in total. The highest BCUT2D eigenvalue weighted by molar-refractivity contribution is 7.99. The van der Waals surface area contributed by atoms with Gasteiger partial charge in [-0.25, -0.2) is 4.98 Å². The van der Waals surface area contributed by atoms with Crippen molar-refractivity contribution in [3.63, 3.8) is 0 Å². The lowest BCUT2D eigenvalue weighted by Crippen LogP contribution is -2.43. The maximum atomic E-state index is 12.4. The number of anilines is 1. The van der Waals surface area contributed by atoms with Crippen LogP contribution in [0.15, 0.2) is 12.1 Å². The van der Waals surface area contributed by atoms with Crippen molar-refractivity contribution in [3.8, 4) is 5.88 Å². The van der Waals surface area contributed by atoms with Gasteiger partial charge in [0, 0.05) is 24.9 Å². The third-order valence-corrected chi connectivity index (χ3v) is 4.09. The highest BCUT2D eigenvalue weighted by atomic mass is 32.2. The van der Waals surface area contributed by atoms with Gasteiger partial charge >= 0.3 is 0 Å². The number of fused-ring (bicyclic) bond motifs is 1. The van der Waals surface area contributed by atoms with Crippen LogP contribution in [0.1, 0.15) is 17.4 Å². The van der Waals surface area contributed by atoms with E-state index in [1.165, 1.54) is 7.11 Å². The molecule has 0 saturated heterocycles. The number of methoxy groups -OCH3 is 1. The van der Waals surface area contributed by atoms with E-state index in [9.17, 15) is 9.59 Å². The van der Waals surface area contributed by atoms with E-state index >= 15 is 0 Å². The molecule has 0 aromatic carbocycles. The molecule has 1 atom stereocenters. The molecule has 114 valence electrons. The molecule has 0 spiro atoms. The van der Waals surface area contributed by atoms with Gasteiger partial charge in [-0.3, -0.25) is 9.59 Å². The number of thioether (sulfide) groups is 1.